The summed E-state index contributed by atoms with van der Waals surface area (Å²) in [6.07, 6.45) is 8.44. The van der Waals surface area contributed by atoms with E-state index in [0.29, 0.717) is 44.6 Å². The summed E-state index contributed by atoms with van der Waals surface area (Å²) >= 11 is 0. The van der Waals surface area contributed by atoms with E-state index < -0.39 is 27.8 Å². The normalized spacial score (nSPS) is 19.5. The highest BCUT2D eigenvalue weighted by Crippen LogP contribution is 2.44. The average Bonchev–Trinajstić information content (AvgIpc) is 2.99. The fourth-order valence-electron chi connectivity index (χ4n) is 6.09. The van der Waals surface area contributed by atoms with Crippen molar-refractivity contribution in [2.75, 3.05) is 37.8 Å². The van der Waals surface area contributed by atoms with Gasteiger partial charge in [-0.2, -0.15) is 9.97 Å². The zero-order chi connectivity index (χ0) is 30.3. The number of anilines is 1. The number of nitrogens with zero attached hydrogens (tertiary/aromatic N) is 4. The van der Waals surface area contributed by atoms with Crippen molar-refractivity contribution in [1.29, 1.82) is 0 Å². The lowest BCUT2D eigenvalue weighted by Crippen LogP contribution is -2.46. The average molecular weight is 589 g/mol. The molecule has 1 aromatic heterocycles. The summed E-state index contributed by atoms with van der Waals surface area (Å²) in [4.78, 5) is 22.6. The molecule has 0 aliphatic carbocycles. The number of ether oxygens (including phenoxy) is 2. The third-order valence-corrected chi connectivity index (χ3v) is 8.24. The number of aliphatic hydroxyl groups is 1. The molecule has 1 N–H and O–H groups in total. The maximum Gasteiger partial charge on any atom is 0.319 e. The second-order valence-corrected chi connectivity index (χ2v) is 11.4. The lowest BCUT2D eigenvalue weighted by atomic mass is 9.92. The van der Waals surface area contributed by atoms with Gasteiger partial charge in [-0.05, 0) is 50.0 Å². The van der Waals surface area contributed by atoms with Crippen LogP contribution in [0.15, 0.2) is 36.4 Å². The van der Waals surface area contributed by atoms with E-state index in [9.17, 15) is 19.6 Å². The van der Waals surface area contributed by atoms with Crippen LogP contribution in [0.1, 0.15) is 38.2 Å². The number of nitro benzene ring substituents is 1. The van der Waals surface area contributed by atoms with Gasteiger partial charge in [0.2, 0.25) is 0 Å². The van der Waals surface area contributed by atoms with Crippen molar-refractivity contribution >= 4 is 33.2 Å². The van der Waals surface area contributed by atoms with Crippen molar-refractivity contribution in [1.82, 2.24) is 9.97 Å². The summed E-state index contributed by atoms with van der Waals surface area (Å²) < 4.78 is 43.1. The van der Waals surface area contributed by atoms with Crippen LogP contribution in [-0.2, 0) is 4.74 Å². The minimum absolute atomic E-state index is 0.0711. The van der Waals surface area contributed by atoms with Gasteiger partial charge in [0.25, 0.3) is 5.69 Å². The zero-order valence-corrected chi connectivity index (χ0v) is 23.6. The number of terminal acetylenes is 1. The Morgan fingerprint density at radius 3 is 2.77 bits per heavy atom. The highest BCUT2D eigenvalue weighted by molar-refractivity contribution is 6.06. The number of hydrogen-bond donors (Lipinski definition) is 1. The number of piperidine rings is 1. The molecular weight excluding hydrogens is 558 g/mol. The van der Waals surface area contributed by atoms with Crippen LogP contribution in [0.2, 0.25) is 0 Å². The Morgan fingerprint density at radius 1 is 1.26 bits per heavy atom. The molecule has 9 nitrogen and oxygen atoms in total. The fraction of sp³-hybridized carbons (Fsp3) is 0.375. The summed E-state index contributed by atoms with van der Waals surface area (Å²) in [6, 6.07) is 8.62. The van der Waals surface area contributed by atoms with E-state index in [-0.39, 0.29) is 57.3 Å². The predicted octanol–water partition coefficient (Wildman–Crippen LogP) is 5.77. The number of aromatic nitrogens is 2. The topological polar surface area (TPSA) is 111 Å². The van der Waals surface area contributed by atoms with Gasteiger partial charge in [0.1, 0.15) is 17.2 Å². The largest absolute Gasteiger partial charge is 0.463 e. The molecule has 3 heterocycles. The molecule has 3 aromatic carbocycles. The molecule has 0 bridgehead atoms. The van der Waals surface area contributed by atoms with Crippen LogP contribution in [0.3, 0.4) is 0 Å². The van der Waals surface area contributed by atoms with Crippen LogP contribution in [0.4, 0.5) is 20.3 Å². The van der Waals surface area contributed by atoms with Crippen LogP contribution in [0.5, 0.6) is 6.01 Å². The number of β-amino-alcohol motifs (C(OH)–C–C–N with tert-alkyl or cyclic N) is 1. The van der Waals surface area contributed by atoms with Gasteiger partial charge in [-0.1, -0.05) is 30.2 Å². The molecule has 2 aliphatic heterocycles. The molecule has 0 unspecified atom stereocenters. The van der Waals surface area contributed by atoms with Gasteiger partial charge in [-0.25, -0.2) is 8.78 Å². The lowest BCUT2D eigenvalue weighted by molar-refractivity contribution is -0.384. The Morgan fingerprint density at radius 2 is 2.05 bits per heavy atom. The molecule has 2 saturated heterocycles. The Hall–Kier alpha value is -4.40. The maximum atomic E-state index is 16.8. The van der Waals surface area contributed by atoms with Crippen LogP contribution >= 0.6 is 0 Å². The smallest absolute Gasteiger partial charge is 0.319 e. The van der Waals surface area contributed by atoms with E-state index in [2.05, 4.69) is 15.9 Å². The van der Waals surface area contributed by atoms with Crippen LogP contribution < -0.4 is 9.64 Å². The Kier molecular flexibility index (Phi) is 7.58. The van der Waals surface area contributed by atoms with Gasteiger partial charge < -0.3 is 19.5 Å². The third kappa shape index (κ3) is 5.44. The van der Waals surface area contributed by atoms with Crippen LogP contribution in [-0.4, -0.2) is 58.5 Å². The lowest BCUT2D eigenvalue weighted by Gasteiger charge is -2.38. The number of rotatable bonds is 6. The van der Waals surface area contributed by atoms with Crippen molar-refractivity contribution in [3.63, 3.8) is 0 Å². The van der Waals surface area contributed by atoms with Gasteiger partial charge in [-0.15, -0.1) is 6.42 Å². The number of nitro groups is 1. The minimum atomic E-state index is -1.04. The van der Waals surface area contributed by atoms with E-state index in [4.69, 9.17) is 15.9 Å². The van der Waals surface area contributed by atoms with Crippen LogP contribution in [0, 0.1) is 40.0 Å². The SMILES string of the molecule is C#Cc1c(F)ccc2cccc(-c3c([N+](=O)[O-])cc4c(N5CCC[C@@](C)(O)C5)nc(OCC5CCOCC5)nc4c3F)c12. The van der Waals surface area contributed by atoms with Gasteiger partial charge in [0, 0.05) is 43.3 Å². The first kappa shape index (κ1) is 28.7. The van der Waals surface area contributed by atoms with Crippen molar-refractivity contribution in [3.05, 3.63) is 63.7 Å². The summed E-state index contributed by atoms with van der Waals surface area (Å²) in [5.41, 5.74) is -2.19. The summed E-state index contributed by atoms with van der Waals surface area (Å²) in [5, 5.41) is 24.1. The first-order valence-corrected chi connectivity index (χ1v) is 14.2. The predicted molar refractivity (Wildman–Crippen MR) is 158 cm³/mol. The second-order valence-electron chi connectivity index (χ2n) is 11.4. The van der Waals surface area contributed by atoms with Crippen molar-refractivity contribution in [3.8, 4) is 29.5 Å². The molecule has 0 radical (unpaired) electrons. The molecule has 2 aliphatic rings. The zero-order valence-electron chi connectivity index (χ0n) is 23.6. The Balaban J connectivity index is 1.60. The van der Waals surface area contributed by atoms with Gasteiger partial charge in [0.05, 0.1) is 33.6 Å². The summed E-state index contributed by atoms with van der Waals surface area (Å²) in [7, 11) is 0. The Labute approximate surface area is 246 Å². The van der Waals surface area contributed by atoms with Crippen molar-refractivity contribution < 1.29 is 28.3 Å². The molecular formula is C32H30F2N4O5. The third-order valence-electron chi connectivity index (χ3n) is 8.24. The number of halogens is 2. The number of hydrogen-bond acceptors (Lipinski definition) is 8. The van der Waals surface area contributed by atoms with E-state index >= 15 is 4.39 Å². The monoisotopic (exact) mass is 588 g/mol. The van der Waals surface area contributed by atoms with Gasteiger partial charge in [-0.3, -0.25) is 10.1 Å². The molecule has 11 heteroatoms. The van der Waals surface area contributed by atoms with Crippen molar-refractivity contribution in [2.45, 2.75) is 38.2 Å². The van der Waals surface area contributed by atoms with Crippen molar-refractivity contribution in [2.24, 2.45) is 5.92 Å². The van der Waals surface area contributed by atoms with E-state index in [0.717, 1.165) is 12.8 Å². The van der Waals surface area contributed by atoms with E-state index in [1.54, 1.807) is 24.0 Å². The van der Waals surface area contributed by atoms with E-state index in [1.165, 1.54) is 24.3 Å². The first-order chi connectivity index (χ1) is 20.7. The molecule has 4 aromatic rings. The fourth-order valence-corrected chi connectivity index (χ4v) is 6.09. The highest BCUT2D eigenvalue weighted by Gasteiger charge is 2.33. The number of fused-ring (bicyclic) bond motifs is 2. The molecule has 6 rings (SSSR count). The standard InChI is InChI=1S/C32H30F2N4O5/c1-3-21-24(33)9-8-20-6-4-7-22(26(20)21)27-25(38(40)41)16-23-29(28(27)34)35-31(43-17-19-10-14-42-15-11-19)36-30(23)37-13-5-12-32(2,39)18-37/h1,4,6-9,16,19,39H,5,10-15,17-18H2,2H3/t32-/m1/s1. The molecule has 0 spiro atoms. The maximum absolute atomic E-state index is 16.8. The molecule has 0 saturated carbocycles. The summed E-state index contributed by atoms with van der Waals surface area (Å²) in [5.74, 6) is 1.08. The van der Waals surface area contributed by atoms with Gasteiger partial charge in [0.15, 0.2) is 5.82 Å². The number of benzene rings is 3. The quantitative estimate of drug-likeness (QED) is 0.172. The van der Waals surface area contributed by atoms with Crippen LogP contribution in [0.25, 0.3) is 32.8 Å². The molecule has 43 heavy (non-hydrogen) atoms. The molecule has 2 fully saturated rings. The minimum Gasteiger partial charge on any atom is -0.463 e. The molecule has 0 amide bonds. The summed E-state index contributed by atoms with van der Waals surface area (Å²) in [6.45, 7) is 3.91. The second kappa shape index (κ2) is 11.4. The Bertz CT molecular complexity index is 1780. The highest BCUT2D eigenvalue weighted by atomic mass is 19.1. The molecule has 1 atom stereocenters. The van der Waals surface area contributed by atoms with E-state index in [1.807, 2.05) is 0 Å². The molecule has 222 valence electrons. The first-order valence-electron chi connectivity index (χ1n) is 14.2. The van der Waals surface area contributed by atoms with Gasteiger partial charge >= 0.3 is 6.01 Å².